The van der Waals surface area contributed by atoms with Gasteiger partial charge >= 0.3 is 0 Å². The number of rotatable bonds is 8. The number of nitrogens with zero attached hydrogens (tertiary/aromatic N) is 2. The average molecular weight is 257 g/mol. The second-order valence-electron chi connectivity index (χ2n) is 3.94. The highest BCUT2D eigenvalue weighted by Crippen LogP contribution is 2.28. The molecule has 96 valence electrons. The van der Waals surface area contributed by atoms with Crippen LogP contribution in [0.5, 0.6) is 0 Å². The standard InChI is InChI=1S/C11H19N3O2S/c1-3-5-7-11(10-13,6-4-2)17(15,16)14-9-8-12/h14H,3-7,9H2,1-2H3. The molecule has 1 unspecified atom stereocenters. The van der Waals surface area contributed by atoms with E-state index in [1.54, 1.807) is 6.07 Å². The van der Waals surface area contributed by atoms with Gasteiger partial charge in [0.05, 0.1) is 18.7 Å². The fourth-order valence-electron chi connectivity index (χ4n) is 1.70. The highest BCUT2D eigenvalue weighted by Gasteiger charge is 2.42. The molecule has 0 saturated carbocycles. The Morgan fingerprint density at radius 3 is 2.24 bits per heavy atom. The molecule has 0 fully saturated rings. The SMILES string of the molecule is CCCCC(C#N)(CCC)S(=O)(=O)NCC#N. The fourth-order valence-corrected chi connectivity index (χ4v) is 3.23. The molecule has 0 aliphatic rings. The number of nitrogens with one attached hydrogen (secondary N) is 1. The van der Waals surface area contributed by atoms with E-state index in [-0.39, 0.29) is 6.54 Å². The molecule has 0 saturated heterocycles. The van der Waals surface area contributed by atoms with Crippen LogP contribution in [0.4, 0.5) is 0 Å². The van der Waals surface area contributed by atoms with E-state index in [0.717, 1.165) is 6.42 Å². The normalized spacial score (nSPS) is 14.6. The molecule has 0 aromatic carbocycles. The Balaban J connectivity index is 5.15. The third-order valence-electron chi connectivity index (χ3n) is 2.65. The van der Waals surface area contributed by atoms with Crippen LogP contribution < -0.4 is 4.72 Å². The Bertz CT molecular complexity index is 405. The number of nitriles is 2. The minimum atomic E-state index is -3.76. The van der Waals surface area contributed by atoms with E-state index in [0.29, 0.717) is 25.7 Å². The molecule has 1 atom stereocenters. The first-order valence-corrected chi connectivity index (χ1v) is 7.25. The Morgan fingerprint density at radius 2 is 1.82 bits per heavy atom. The number of hydrogen-bond donors (Lipinski definition) is 1. The van der Waals surface area contributed by atoms with Crippen molar-refractivity contribution in [2.75, 3.05) is 6.54 Å². The highest BCUT2D eigenvalue weighted by atomic mass is 32.2. The molecule has 0 heterocycles. The van der Waals surface area contributed by atoms with Crippen LogP contribution >= 0.6 is 0 Å². The molecule has 0 bridgehead atoms. The van der Waals surface area contributed by atoms with E-state index in [2.05, 4.69) is 4.72 Å². The summed E-state index contributed by atoms with van der Waals surface area (Å²) in [5.74, 6) is 0. The molecule has 0 rings (SSSR count). The molecule has 0 aromatic heterocycles. The van der Waals surface area contributed by atoms with Crippen LogP contribution in [0.1, 0.15) is 46.0 Å². The van der Waals surface area contributed by atoms with Crippen LogP contribution in [0.15, 0.2) is 0 Å². The van der Waals surface area contributed by atoms with E-state index < -0.39 is 14.8 Å². The predicted molar refractivity (Wildman–Crippen MR) is 65.3 cm³/mol. The molecular formula is C11H19N3O2S. The van der Waals surface area contributed by atoms with Gasteiger partial charge in [0, 0.05) is 0 Å². The van der Waals surface area contributed by atoms with Gasteiger partial charge in [-0.2, -0.15) is 15.2 Å². The second-order valence-corrected chi connectivity index (χ2v) is 6.02. The molecule has 0 aliphatic heterocycles. The summed E-state index contributed by atoms with van der Waals surface area (Å²) in [6.45, 7) is 3.50. The third kappa shape index (κ3) is 3.99. The van der Waals surface area contributed by atoms with Crippen molar-refractivity contribution in [2.45, 2.75) is 50.7 Å². The smallest absolute Gasteiger partial charge is 0.211 e. The number of hydrogen-bond acceptors (Lipinski definition) is 4. The second kappa shape index (κ2) is 7.26. The summed E-state index contributed by atoms with van der Waals surface area (Å²) >= 11 is 0. The highest BCUT2D eigenvalue weighted by molar-refractivity contribution is 7.91. The average Bonchev–Trinajstić information content (AvgIpc) is 2.31. The summed E-state index contributed by atoms with van der Waals surface area (Å²) in [7, 11) is -3.76. The van der Waals surface area contributed by atoms with Gasteiger partial charge in [-0.15, -0.1) is 0 Å². The maximum Gasteiger partial charge on any atom is 0.231 e. The maximum absolute atomic E-state index is 12.1. The van der Waals surface area contributed by atoms with Gasteiger partial charge in [0.1, 0.15) is 0 Å². The largest absolute Gasteiger partial charge is 0.231 e. The number of sulfonamides is 1. The van der Waals surface area contributed by atoms with Crippen LogP contribution in [0.2, 0.25) is 0 Å². The summed E-state index contributed by atoms with van der Waals surface area (Å²) in [5, 5.41) is 17.6. The zero-order valence-electron chi connectivity index (χ0n) is 10.4. The van der Waals surface area contributed by atoms with Crippen molar-refractivity contribution < 1.29 is 8.42 Å². The first-order valence-electron chi connectivity index (χ1n) is 5.77. The van der Waals surface area contributed by atoms with Gasteiger partial charge in [-0.05, 0) is 12.8 Å². The van der Waals surface area contributed by atoms with Crippen molar-refractivity contribution in [1.82, 2.24) is 4.72 Å². The molecule has 0 aliphatic carbocycles. The van der Waals surface area contributed by atoms with E-state index >= 15 is 0 Å². The lowest BCUT2D eigenvalue weighted by Crippen LogP contribution is -2.45. The molecule has 1 N–H and O–H groups in total. The van der Waals surface area contributed by atoms with Crippen LogP contribution in [0, 0.1) is 22.7 Å². The quantitative estimate of drug-likeness (QED) is 0.669. The van der Waals surface area contributed by atoms with Gasteiger partial charge in [-0.25, -0.2) is 8.42 Å². The van der Waals surface area contributed by atoms with Gasteiger partial charge in [-0.1, -0.05) is 33.1 Å². The monoisotopic (exact) mass is 257 g/mol. The first kappa shape index (κ1) is 15.9. The maximum atomic E-state index is 12.1. The molecule has 17 heavy (non-hydrogen) atoms. The van der Waals surface area contributed by atoms with Crippen LogP contribution in [-0.4, -0.2) is 19.7 Å². The van der Waals surface area contributed by atoms with E-state index in [4.69, 9.17) is 5.26 Å². The minimum Gasteiger partial charge on any atom is -0.211 e. The molecule has 5 nitrogen and oxygen atoms in total. The van der Waals surface area contributed by atoms with Crippen molar-refractivity contribution in [3.8, 4) is 12.1 Å². The van der Waals surface area contributed by atoms with E-state index in [1.165, 1.54) is 0 Å². The summed E-state index contributed by atoms with van der Waals surface area (Å²) in [4.78, 5) is 0. The number of unbranched alkanes of at least 4 members (excludes halogenated alkanes) is 1. The zero-order valence-corrected chi connectivity index (χ0v) is 11.2. The molecule has 0 amide bonds. The van der Waals surface area contributed by atoms with Crippen molar-refractivity contribution in [2.24, 2.45) is 0 Å². The van der Waals surface area contributed by atoms with Crippen molar-refractivity contribution in [1.29, 1.82) is 10.5 Å². The van der Waals surface area contributed by atoms with Gasteiger partial charge in [0.15, 0.2) is 4.75 Å². The fraction of sp³-hybridized carbons (Fsp3) is 0.818. The predicted octanol–water partition coefficient (Wildman–Crippen LogP) is 1.68. The summed E-state index contributed by atoms with van der Waals surface area (Å²) in [6.07, 6.45) is 2.74. The minimum absolute atomic E-state index is 0.290. The Labute approximate surface area is 103 Å². The topological polar surface area (TPSA) is 93.8 Å². The lowest BCUT2D eigenvalue weighted by molar-refractivity contribution is 0.492. The van der Waals surface area contributed by atoms with Gasteiger partial charge in [0.25, 0.3) is 0 Å². The van der Waals surface area contributed by atoms with Crippen molar-refractivity contribution >= 4 is 10.0 Å². The Hall–Kier alpha value is -1.11. The van der Waals surface area contributed by atoms with Gasteiger partial charge in [0.2, 0.25) is 10.0 Å². The van der Waals surface area contributed by atoms with Gasteiger partial charge in [-0.3, -0.25) is 0 Å². The van der Waals surface area contributed by atoms with E-state index in [9.17, 15) is 13.7 Å². The molecule has 0 radical (unpaired) electrons. The van der Waals surface area contributed by atoms with Gasteiger partial charge < -0.3 is 0 Å². The van der Waals surface area contributed by atoms with E-state index in [1.807, 2.05) is 19.9 Å². The molecule has 0 aromatic rings. The van der Waals surface area contributed by atoms with Crippen LogP contribution in [0.25, 0.3) is 0 Å². The van der Waals surface area contributed by atoms with Crippen LogP contribution in [-0.2, 0) is 10.0 Å². The Morgan fingerprint density at radius 1 is 1.18 bits per heavy atom. The summed E-state index contributed by atoms with van der Waals surface area (Å²) < 4.78 is 24.9. The van der Waals surface area contributed by atoms with Crippen molar-refractivity contribution in [3.05, 3.63) is 0 Å². The lowest BCUT2D eigenvalue weighted by Gasteiger charge is -2.25. The van der Waals surface area contributed by atoms with Crippen LogP contribution in [0.3, 0.4) is 0 Å². The zero-order chi connectivity index (χ0) is 13.4. The molecular weight excluding hydrogens is 238 g/mol. The lowest BCUT2D eigenvalue weighted by atomic mass is 9.98. The summed E-state index contributed by atoms with van der Waals surface area (Å²) in [6, 6.07) is 3.66. The third-order valence-corrected chi connectivity index (χ3v) is 4.70. The first-order chi connectivity index (χ1) is 7.99. The van der Waals surface area contributed by atoms with Crippen molar-refractivity contribution in [3.63, 3.8) is 0 Å². The summed E-state index contributed by atoms with van der Waals surface area (Å²) in [5.41, 5.74) is 0. The molecule has 0 spiro atoms. The Kier molecular flexibility index (Phi) is 6.79. The molecule has 6 heteroatoms.